The number of hydrogen-bond acceptors (Lipinski definition) is 4. The van der Waals surface area contributed by atoms with Crippen molar-refractivity contribution in [3.8, 4) is 0 Å². The Kier molecular flexibility index (Phi) is 6.75. The molecule has 0 amide bonds. The summed E-state index contributed by atoms with van der Waals surface area (Å²) >= 11 is 1.73. The van der Waals surface area contributed by atoms with Gasteiger partial charge >= 0.3 is 0 Å². The number of thioether (sulfide) groups is 1. The third kappa shape index (κ3) is 5.00. The van der Waals surface area contributed by atoms with E-state index in [-0.39, 0.29) is 12.1 Å². The van der Waals surface area contributed by atoms with Crippen molar-refractivity contribution in [1.29, 1.82) is 0 Å². The van der Waals surface area contributed by atoms with E-state index in [4.69, 9.17) is 0 Å². The number of H-pyrrole nitrogens is 1. The highest BCUT2D eigenvalue weighted by molar-refractivity contribution is 7.99. The van der Waals surface area contributed by atoms with E-state index in [1.165, 1.54) is 0 Å². The third-order valence-corrected chi connectivity index (χ3v) is 4.08. The van der Waals surface area contributed by atoms with Gasteiger partial charge in [0.25, 0.3) is 0 Å². The fourth-order valence-electron chi connectivity index (χ4n) is 2.11. The highest BCUT2D eigenvalue weighted by Gasteiger charge is 2.26. The normalized spacial score (nSPS) is 14.9. The Labute approximate surface area is 114 Å². The minimum atomic E-state index is -0.127. The summed E-state index contributed by atoms with van der Waals surface area (Å²) in [6.07, 6.45) is 6.62. The van der Waals surface area contributed by atoms with Crippen LogP contribution >= 0.6 is 11.8 Å². The maximum Gasteiger partial charge on any atom is 0.165 e. The Bertz CT molecular complexity index is 310. The van der Waals surface area contributed by atoms with Crippen molar-refractivity contribution >= 4 is 11.8 Å². The fraction of sp³-hybridized carbons (Fsp3) is 0.769. The summed E-state index contributed by atoms with van der Waals surface area (Å²) in [5.41, 5.74) is -0.127. The lowest BCUT2D eigenvalue weighted by molar-refractivity contribution is 0.137. The molecule has 1 atom stereocenters. The second-order valence-corrected chi connectivity index (χ2v) is 6.02. The lowest BCUT2D eigenvalue weighted by Crippen LogP contribution is -2.51. The number of imidazole rings is 1. The van der Waals surface area contributed by atoms with Crippen molar-refractivity contribution in [2.24, 2.45) is 0 Å². The van der Waals surface area contributed by atoms with E-state index in [0.29, 0.717) is 6.04 Å². The van der Waals surface area contributed by atoms with E-state index in [2.05, 4.69) is 36.1 Å². The van der Waals surface area contributed by atoms with Gasteiger partial charge in [-0.05, 0) is 19.3 Å². The summed E-state index contributed by atoms with van der Waals surface area (Å²) in [5, 5.41) is 14.1. The number of nitrogens with one attached hydrogen (secondary N) is 2. The van der Waals surface area contributed by atoms with Crippen LogP contribution in [0, 0.1) is 0 Å². The first-order valence-electron chi connectivity index (χ1n) is 6.62. The third-order valence-electron chi connectivity index (χ3n) is 3.09. The maximum atomic E-state index is 9.62. The Balaban J connectivity index is 2.33. The molecule has 0 saturated heterocycles. The van der Waals surface area contributed by atoms with Crippen LogP contribution in [-0.4, -0.2) is 39.0 Å². The molecule has 4 nitrogen and oxygen atoms in total. The van der Waals surface area contributed by atoms with Crippen molar-refractivity contribution < 1.29 is 5.11 Å². The highest BCUT2D eigenvalue weighted by atomic mass is 32.2. The highest BCUT2D eigenvalue weighted by Crippen LogP contribution is 2.21. The summed E-state index contributed by atoms with van der Waals surface area (Å²) in [7, 11) is 0. The lowest BCUT2D eigenvalue weighted by atomic mass is 9.91. The molecule has 0 radical (unpaired) electrons. The minimum absolute atomic E-state index is 0.127. The number of hydrogen-bond donors (Lipinski definition) is 3. The number of aromatic nitrogens is 2. The molecule has 0 saturated carbocycles. The first-order chi connectivity index (χ1) is 8.62. The second-order valence-electron chi connectivity index (χ2n) is 4.94. The predicted molar refractivity (Wildman–Crippen MR) is 76.9 cm³/mol. The monoisotopic (exact) mass is 271 g/mol. The van der Waals surface area contributed by atoms with Crippen molar-refractivity contribution in [1.82, 2.24) is 15.3 Å². The molecule has 104 valence electrons. The van der Waals surface area contributed by atoms with Gasteiger partial charge in [-0.3, -0.25) is 0 Å². The average molecular weight is 271 g/mol. The molecule has 1 heterocycles. The molecular formula is C13H25N3OS. The number of aliphatic hydroxyl groups is 1. The summed E-state index contributed by atoms with van der Waals surface area (Å²) in [6, 6.07) is 0.398. The Morgan fingerprint density at radius 1 is 1.56 bits per heavy atom. The van der Waals surface area contributed by atoms with Crippen molar-refractivity contribution in [3.05, 3.63) is 12.4 Å². The van der Waals surface area contributed by atoms with Gasteiger partial charge in [0.15, 0.2) is 5.16 Å². The summed E-state index contributed by atoms with van der Waals surface area (Å²) in [4.78, 5) is 7.26. The van der Waals surface area contributed by atoms with E-state index in [1.807, 2.05) is 6.20 Å². The van der Waals surface area contributed by atoms with Crippen LogP contribution in [0.25, 0.3) is 0 Å². The van der Waals surface area contributed by atoms with Gasteiger partial charge in [-0.25, -0.2) is 4.98 Å². The van der Waals surface area contributed by atoms with Crippen LogP contribution in [-0.2, 0) is 0 Å². The molecule has 0 aliphatic heterocycles. The van der Waals surface area contributed by atoms with E-state index in [9.17, 15) is 5.11 Å². The number of rotatable bonds is 9. The van der Waals surface area contributed by atoms with Gasteiger partial charge in [0.2, 0.25) is 0 Å². The van der Waals surface area contributed by atoms with Gasteiger partial charge in [-0.2, -0.15) is 0 Å². The van der Waals surface area contributed by atoms with Crippen LogP contribution in [0.5, 0.6) is 0 Å². The van der Waals surface area contributed by atoms with E-state index < -0.39 is 0 Å². The van der Waals surface area contributed by atoms with Crippen LogP contribution in [0.1, 0.15) is 40.0 Å². The quantitative estimate of drug-likeness (QED) is 0.477. The average Bonchev–Trinajstić information content (AvgIpc) is 2.85. The molecule has 1 aromatic heterocycles. The molecule has 18 heavy (non-hydrogen) atoms. The largest absolute Gasteiger partial charge is 0.394 e. The number of nitrogens with zero attached hydrogens (tertiary/aromatic N) is 1. The molecule has 0 bridgehead atoms. The molecule has 1 unspecified atom stereocenters. The predicted octanol–water partition coefficient (Wildman–Crippen LogP) is 2.42. The standard InChI is InChI=1S/C13H25N3OS/c1-4-13(10-17,16-11(2)3)6-5-9-18-12-14-7-8-15-12/h7-8,11,16-17H,4-6,9-10H2,1-3H3,(H,14,15). The van der Waals surface area contributed by atoms with Crippen molar-refractivity contribution in [2.45, 2.75) is 56.8 Å². The first-order valence-corrected chi connectivity index (χ1v) is 7.61. The van der Waals surface area contributed by atoms with Crippen LogP contribution in [0.15, 0.2) is 17.6 Å². The first kappa shape index (κ1) is 15.5. The van der Waals surface area contributed by atoms with E-state index in [0.717, 1.165) is 30.2 Å². The smallest absolute Gasteiger partial charge is 0.165 e. The molecule has 0 aliphatic carbocycles. The molecule has 5 heteroatoms. The summed E-state index contributed by atoms with van der Waals surface area (Å²) < 4.78 is 0. The van der Waals surface area contributed by atoms with Gasteiger partial charge in [-0.1, -0.05) is 32.5 Å². The molecule has 1 aromatic rings. The van der Waals surface area contributed by atoms with Crippen LogP contribution in [0.4, 0.5) is 0 Å². The fourth-order valence-corrected chi connectivity index (χ4v) is 2.88. The zero-order valence-corrected chi connectivity index (χ0v) is 12.4. The maximum absolute atomic E-state index is 9.62. The van der Waals surface area contributed by atoms with Gasteiger partial charge in [-0.15, -0.1) is 0 Å². The Morgan fingerprint density at radius 2 is 2.33 bits per heavy atom. The van der Waals surface area contributed by atoms with Gasteiger partial charge in [0.05, 0.1) is 6.61 Å². The van der Waals surface area contributed by atoms with Crippen LogP contribution in [0.2, 0.25) is 0 Å². The van der Waals surface area contributed by atoms with Gasteiger partial charge < -0.3 is 15.4 Å². The molecular weight excluding hydrogens is 246 g/mol. The molecule has 0 spiro atoms. The molecule has 0 aliphatic rings. The number of aliphatic hydroxyl groups excluding tert-OH is 1. The second kappa shape index (κ2) is 7.81. The van der Waals surface area contributed by atoms with E-state index in [1.54, 1.807) is 18.0 Å². The topological polar surface area (TPSA) is 60.9 Å². The van der Waals surface area contributed by atoms with E-state index >= 15 is 0 Å². The number of aromatic amines is 1. The van der Waals surface area contributed by atoms with Gasteiger partial charge in [0, 0.05) is 29.7 Å². The van der Waals surface area contributed by atoms with Crippen LogP contribution < -0.4 is 5.32 Å². The van der Waals surface area contributed by atoms with Gasteiger partial charge in [0.1, 0.15) is 0 Å². The molecule has 3 N–H and O–H groups in total. The Hall–Kier alpha value is -0.520. The summed E-state index contributed by atoms with van der Waals surface area (Å²) in [5.74, 6) is 1.02. The summed E-state index contributed by atoms with van der Waals surface area (Å²) in [6.45, 7) is 6.58. The van der Waals surface area contributed by atoms with Crippen LogP contribution in [0.3, 0.4) is 0 Å². The van der Waals surface area contributed by atoms with Crippen molar-refractivity contribution in [2.75, 3.05) is 12.4 Å². The Morgan fingerprint density at radius 3 is 2.83 bits per heavy atom. The molecule has 0 aromatic carbocycles. The molecule has 0 fully saturated rings. The zero-order chi connectivity index (χ0) is 13.4. The zero-order valence-electron chi connectivity index (χ0n) is 11.6. The SMILES string of the molecule is CCC(CO)(CCCSc1ncc[nH]1)NC(C)C. The van der Waals surface area contributed by atoms with Crippen molar-refractivity contribution in [3.63, 3.8) is 0 Å². The lowest BCUT2D eigenvalue weighted by Gasteiger charge is -2.34. The molecule has 1 rings (SSSR count). The minimum Gasteiger partial charge on any atom is -0.394 e.